The highest BCUT2D eigenvalue weighted by atomic mass is 32.1. The number of amides is 1. The van der Waals surface area contributed by atoms with Gasteiger partial charge in [-0.1, -0.05) is 23.4 Å². The normalized spacial score (nSPS) is 11.1. The molecule has 0 fully saturated rings. The molecule has 0 spiro atoms. The lowest BCUT2D eigenvalue weighted by atomic mass is 10.3. The first kappa shape index (κ1) is 17.2. The van der Waals surface area contributed by atoms with Crippen molar-refractivity contribution in [2.45, 2.75) is 19.4 Å². The van der Waals surface area contributed by atoms with E-state index >= 15 is 0 Å². The minimum atomic E-state index is -0.433. The largest absolute Gasteiger partial charge is 0.420 e. The standard InChI is InChI=1S/C18H16N4O4S/c23-15(7-8-16-20-17(21-26-16)14-6-3-11-27-14)19-9-10-22-12-4-1-2-5-13(12)25-18(22)24/h1-6,11H,7-10H2,(H,19,23). The summed E-state index contributed by atoms with van der Waals surface area (Å²) in [7, 11) is 0. The summed E-state index contributed by atoms with van der Waals surface area (Å²) in [6.45, 7) is 0.664. The van der Waals surface area contributed by atoms with Gasteiger partial charge in [0.05, 0.1) is 10.4 Å². The lowest BCUT2D eigenvalue weighted by molar-refractivity contribution is -0.121. The van der Waals surface area contributed by atoms with Gasteiger partial charge in [0.25, 0.3) is 0 Å². The zero-order valence-corrected chi connectivity index (χ0v) is 15.1. The summed E-state index contributed by atoms with van der Waals surface area (Å²) in [6, 6.07) is 11.0. The van der Waals surface area contributed by atoms with Crippen LogP contribution in [-0.2, 0) is 17.8 Å². The van der Waals surface area contributed by atoms with E-state index in [1.165, 1.54) is 15.9 Å². The number of carbonyl (C=O) groups excluding carboxylic acids is 1. The predicted octanol–water partition coefficient (Wildman–Crippen LogP) is 2.46. The van der Waals surface area contributed by atoms with Gasteiger partial charge in [-0.05, 0) is 23.6 Å². The van der Waals surface area contributed by atoms with Crippen LogP contribution in [0.25, 0.3) is 21.8 Å². The average molecular weight is 384 g/mol. The average Bonchev–Trinajstić information content (AvgIpc) is 3.40. The molecule has 4 aromatic rings. The van der Waals surface area contributed by atoms with Crippen LogP contribution in [0.1, 0.15) is 12.3 Å². The molecule has 8 nitrogen and oxygen atoms in total. The SMILES string of the molecule is O=C(CCc1nc(-c2cccs2)no1)NCCn1c(=O)oc2ccccc21. The second-order valence-corrected chi connectivity index (χ2v) is 6.77. The Morgan fingerprint density at radius 1 is 1.22 bits per heavy atom. The topological polar surface area (TPSA) is 103 Å². The van der Waals surface area contributed by atoms with Crippen LogP contribution in [0, 0.1) is 0 Å². The molecule has 0 radical (unpaired) electrons. The first-order valence-electron chi connectivity index (χ1n) is 8.42. The number of para-hydroxylation sites is 2. The number of rotatable bonds is 7. The summed E-state index contributed by atoms with van der Waals surface area (Å²) >= 11 is 1.53. The minimum absolute atomic E-state index is 0.147. The fraction of sp³-hybridized carbons (Fsp3) is 0.222. The van der Waals surface area contributed by atoms with E-state index in [1.54, 1.807) is 12.1 Å². The van der Waals surface area contributed by atoms with Crippen LogP contribution in [0.5, 0.6) is 0 Å². The molecule has 9 heteroatoms. The number of hydrogen-bond donors (Lipinski definition) is 1. The van der Waals surface area contributed by atoms with Crippen LogP contribution in [0.2, 0.25) is 0 Å². The van der Waals surface area contributed by atoms with Crippen molar-refractivity contribution in [2.24, 2.45) is 0 Å². The maximum Gasteiger partial charge on any atom is 0.420 e. The summed E-state index contributed by atoms with van der Waals surface area (Å²) in [6.07, 6.45) is 0.589. The molecule has 1 N–H and O–H groups in total. The van der Waals surface area contributed by atoms with Crippen molar-refractivity contribution in [1.82, 2.24) is 20.0 Å². The number of nitrogens with zero attached hydrogens (tertiary/aromatic N) is 3. The zero-order valence-electron chi connectivity index (χ0n) is 14.3. The monoisotopic (exact) mass is 384 g/mol. The van der Waals surface area contributed by atoms with Gasteiger partial charge >= 0.3 is 5.76 Å². The van der Waals surface area contributed by atoms with Gasteiger partial charge in [0.2, 0.25) is 17.6 Å². The number of carbonyl (C=O) groups is 1. The maximum absolute atomic E-state index is 12.0. The van der Waals surface area contributed by atoms with Gasteiger partial charge in [0.1, 0.15) is 0 Å². The summed E-state index contributed by atoms with van der Waals surface area (Å²) in [5.41, 5.74) is 1.25. The number of aryl methyl sites for hydroxylation is 1. The molecular weight excluding hydrogens is 368 g/mol. The molecule has 0 aliphatic heterocycles. The molecule has 138 valence electrons. The molecule has 1 aromatic carbocycles. The van der Waals surface area contributed by atoms with E-state index in [1.807, 2.05) is 29.6 Å². The van der Waals surface area contributed by atoms with Crippen LogP contribution >= 0.6 is 11.3 Å². The summed E-state index contributed by atoms with van der Waals surface area (Å²) in [5, 5.41) is 8.64. The molecule has 3 heterocycles. The van der Waals surface area contributed by atoms with Gasteiger partial charge in [-0.15, -0.1) is 11.3 Å². The Hall–Kier alpha value is -3.20. The molecule has 3 aromatic heterocycles. The molecule has 4 rings (SSSR count). The molecule has 0 saturated carbocycles. The van der Waals surface area contributed by atoms with Crippen molar-refractivity contribution in [3.63, 3.8) is 0 Å². The molecule has 0 atom stereocenters. The van der Waals surface area contributed by atoms with E-state index in [0.29, 0.717) is 42.3 Å². The predicted molar refractivity (Wildman–Crippen MR) is 99.4 cm³/mol. The fourth-order valence-electron chi connectivity index (χ4n) is 2.70. The van der Waals surface area contributed by atoms with Gasteiger partial charge in [-0.25, -0.2) is 4.79 Å². The number of thiophene rings is 1. The smallest absolute Gasteiger partial charge is 0.408 e. The van der Waals surface area contributed by atoms with Crippen LogP contribution < -0.4 is 11.1 Å². The lowest BCUT2D eigenvalue weighted by Gasteiger charge is -2.05. The quantitative estimate of drug-likeness (QED) is 0.525. The highest BCUT2D eigenvalue weighted by Crippen LogP contribution is 2.21. The molecule has 27 heavy (non-hydrogen) atoms. The number of aromatic nitrogens is 3. The zero-order chi connectivity index (χ0) is 18.6. The molecular formula is C18H16N4O4S. The van der Waals surface area contributed by atoms with E-state index in [9.17, 15) is 9.59 Å². The highest BCUT2D eigenvalue weighted by molar-refractivity contribution is 7.13. The molecule has 0 aliphatic carbocycles. The van der Waals surface area contributed by atoms with Gasteiger partial charge in [0, 0.05) is 25.9 Å². The number of fused-ring (bicyclic) bond motifs is 1. The summed E-state index contributed by atoms with van der Waals surface area (Å²) in [4.78, 5) is 29.1. The van der Waals surface area contributed by atoms with Crippen molar-refractivity contribution in [3.8, 4) is 10.7 Å². The number of nitrogens with one attached hydrogen (secondary N) is 1. The Bertz CT molecular complexity index is 1110. The highest BCUT2D eigenvalue weighted by Gasteiger charge is 2.12. The minimum Gasteiger partial charge on any atom is -0.408 e. The van der Waals surface area contributed by atoms with E-state index in [-0.39, 0.29) is 12.3 Å². The van der Waals surface area contributed by atoms with Crippen molar-refractivity contribution in [3.05, 3.63) is 58.2 Å². The Morgan fingerprint density at radius 2 is 2.11 bits per heavy atom. The van der Waals surface area contributed by atoms with Crippen LogP contribution in [0.4, 0.5) is 0 Å². The molecule has 0 bridgehead atoms. The Balaban J connectivity index is 1.28. The number of benzene rings is 1. The summed E-state index contributed by atoms with van der Waals surface area (Å²) < 4.78 is 11.8. The third-order valence-corrected chi connectivity index (χ3v) is 4.87. The molecule has 1 amide bonds. The van der Waals surface area contributed by atoms with Crippen LogP contribution in [0.15, 0.2) is 55.5 Å². The van der Waals surface area contributed by atoms with Crippen molar-refractivity contribution >= 4 is 28.3 Å². The van der Waals surface area contributed by atoms with Gasteiger partial charge in [0.15, 0.2) is 5.58 Å². The lowest BCUT2D eigenvalue weighted by Crippen LogP contribution is -2.29. The second kappa shape index (κ2) is 7.58. The fourth-order valence-corrected chi connectivity index (χ4v) is 3.35. The Kier molecular flexibility index (Phi) is 4.84. The first-order valence-corrected chi connectivity index (χ1v) is 9.30. The Morgan fingerprint density at radius 3 is 2.96 bits per heavy atom. The van der Waals surface area contributed by atoms with E-state index in [4.69, 9.17) is 8.94 Å². The molecule has 0 saturated heterocycles. The third-order valence-electron chi connectivity index (χ3n) is 4.01. The van der Waals surface area contributed by atoms with Crippen molar-refractivity contribution in [1.29, 1.82) is 0 Å². The van der Waals surface area contributed by atoms with E-state index < -0.39 is 5.76 Å². The second-order valence-electron chi connectivity index (χ2n) is 5.83. The van der Waals surface area contributed by atoms with Crippen LogP contribution in [-0.4, -0.2) is 27.2 Å². The van der Waals surface area contributed by atoms with Gasteiger partial charge in [-0.2, -0.15) is 4.98 Å². The van der Waals surface area contributed by atoms with Crippen molar-refractivity contribution < 1.29 is 13.7 Å². The molecule has 0 aliphatic rings. The summed E-state index contributed by atoms with van der Waals surface area (Å²) in [5.74, 6) is 0.376. The number of oxazole rings is 1. The first-order chi connectivity index (χ1) is 13.2. The number of hydrogen-bond acceptors (Lipinski definition) is 7. The van der Waals surface area contributed by atoms with Gasteiger partial charge in [-0.3, -0.25) is 9.36 Å². The van der Waals surface area contributed by atoms with Gasteiger partial charge < -0.3 is 14.3 Å². The van der Waals surface area contributed by atoms with Crippen molar-refractivity contribution in [2.75, 3.05) is 6.54 Å². The third kappa shape index (κ3) is 3.82. The van der Waals surface area contributed by atoms with Crippen LogP contribution in [0.3, 0.4) is 0 Å². The Labute approximate surface area is 157 Å². The van der Waals surface area contributed by atoms with E-state index in [0.717, 1.165) is 4.88 Å². The maximum atomic E-state index is 12.0. The molecule has 0 unspecified atom stereocenters. The van der Waals surface area contributed by atoms with E-state index in [2.05, 4.69) is 15.5 Å².